The molecule has 1 N–H and O–H groups in total. The Labute approximate surface area is 104 Å². The van der Waals surface area contributed by atoms with Crippen molar-refractivity contribution in [3.63, 3.8) is 0 Å². The lowest BCUT2D eigenvalue weighted by atomic mass is 10.3. The van der Waals surface area contributed by atoms with Crippen molar-refractivity contribution in [3.05, 3.63) is 18.2 Å². The molecule has 0 aliphatic rings. The van der Waals surface area contributed by atoms with Gasteiger partial charge >= 0.3 is 5.97 Å². The highest BCUT2D eigenvalue weighted by Crippen LogP contribution is 2.07. The van der Waals surface area contributed by atoms with Crippen LogP contribution < -0.4 is 4.74 Å². The fourth-order valence-electron chi connectivity index (χ4n) is 0.943. The van der Waals surface area contributed by atoms with Crippen LogP contribution in [0, 0.1) is 10.5 Å². The van der Waals surface area contributed by atoms with Crippen LogP contribution in [0.25, 0.3) is 0 Å². The van der Waals surface area contributed by atoms with Gasteiger partial charge in [-0.2, -0.15) is 0 Å². The first-order valence-electron chi connectivity index (χ1n) is 4.64. The van der Waals surface area contributed by atoms with Crippen molar-refractivity contribution in [1.29, 1.82) is 3.56 Å². The van der Waals surface area contributed by atoms with Gasteiger partial charge in [-0.05, 0) is 13.3 Å². The molecule has 6 nitrogen and oxygen atoms in total. The minimum Gasteiger partial charge on any atom is -0.490 e. The van der Waals surface area contributed by atoms with Gasteiger partial charge in [0.2, 0.25) is 21.4 Å². The molecule has 0 bridgehead atoms. The van der Waals surface area contributed by atoms with Crippen molar-refractivity contribution in [3.8, 4) is 5.75 Å². The summed E-state index contributed by atoms with van der Waals surface area (Å²) in [6.07, 6.45) is 4.04. The molecule has 1 heterocycles. The number of halogens is 1. The predicted molar refractivity (Wildman–Crippen MR) is 64.3 cm³/mol. The zero-order chi connectivity index (χ0) is 11.8. The molecular formula is C9H12IN3O3. The Morgan fingerprint density at radius 2 is 2.19 bits per heavy atom. The van der Waals surface area contributed by atoms with Crippen molar-refractivity contribution < 1.29 is 12.6 Å². The molecule has 7 heteroatoms. The van der Waals surface area contributed by atoms with Gasteiger partial charge in [-0.3, -0.25) is 4.79 Å². The molecule has 0 fully saturated rings. The van der Waals surface area contributed by atoms with Gasteiger partial charge in [0.15, 0.2) is 5.75 Å². The summed E-state index contributed by atoms with van der Waals surface area (Å²) >= 11 is -1.16. The molecule has 1 aromatic rings. The first kappa shape index (κ1) is 12.9. The third-order valence-electron chi connectivity index (χ3n) is 1.68. The third kappa shape index (κ3) is 5.10. The summed E-state index contributed by atoms with van der Waals surface area (Å²) < 4.78 is 16.7. The van der Waals surface area contributed by atoms with Crippen LogP contribution >= 0.6 is 21.4 Å². The zero-order valence-corrected chi connectivity index (χ0v) is 10.9. The van der Waals surface area contributed by atoms with Gasteiger partial charge in [-0.15, -0.1) is 0 Å². The molecule has 0 amide bonds. The van der Waals surface area contributed by atoms with Gasteiger partial charge in [-0.25, -0.2) is 13.5 Å². The van der Waals surface area contributed by atoms with E-state index in [1.165, 1.54) is 0 Å². The molecule has 0 radical (unpaired) electrons. The summed E-state index contributed by atoms with van der Waals surface area (Å²) in [5.41, 5.74) is 0. The molecule has 88 valence electrons. The van der Waals surface area contributed by atoms with Crippen LogP contribution in [-0.4, -0.2) is 22.5 Å². The molecule has 1 rings (SSSR count). The predicted octanol–water partition coefficient (Wildman–Crippen LogP) is 2.14. The molecule has 16 heavy (non-hydrogen) atoms. The molecule has 0 saturated carbocycles. The van der Waals surface area contributed by atoms with Crippen LogP contribution in [0.5, 0.6) is 5.75 Å². The number of hydrogen-bond donors (Lipinski definition) is 1. The lowest BCUT2D eigenvalue weighted by Gasteiger charge is -2.04. The van der Waals surface area contributed by atoms with Crippen molar-refractivity contribution in [1.82, 2.24) is 9.97 Å². The van der Waals surface area contributed by atoms with Gasteiger partial charge in [0, 0.05) is 6.42 Å². The third-order valence-corrected chi connectivity index (χ3v) is 2.39. The Bertz CT molecular complexity index is 356. The van der Waals surface area contributed by atoms with Gasteiger partial charge in [0.05, 0.1) is 19.0 Å². The minimum absolute atomic E-state index is 0.283. The second kappa shape index (κ2) is 7.20. The Morgan fingerprint density at radius 1 is 1.50 bits per heavy atom. The maximum atomic E-state index is 10.9. The Balaban J connectivity index is 2.18. The van der Waals surface area contributed by atoms with Gasteiger partial charge in [0.25, 0.3) is 0 Å². The van der Waals surface area contributed by atoms with E-state index in [0.717, 1.165) is 0 Å². The Kier molecular flexibility index (Phi) is 5.83. The van der Waals surface area contributed by atoms with E-state index in [1.807, 2.05) is 0 Å². The lowest BCUT2D eigenvalue weighted by molar-refractivity contribution is -0.131. The second-order valence-electron chi connectivity index (χ2n) is 2.94. The fraction of sp³-hybridized carbons (Fsp3) is 0.444. The summed E-state index contributed by atoms with van der Waals surface area (Å²) in [6, 6.07) is 0. The van der Waals surface area contributed by atoms with E-state index in [0.29, 0.717) is 24.6 Å². The van der Waals surface area contributed by atoms with Crippen LogP contribution in [-0.2, 0) is 7.86 Å². The fourth-order valence-corrected chi connectivity index (χ4v) is 1.41. The molecule has 0 aliphatic carbocycles. The number of aryl methyl sites for hydroxylation is 1. The second-order valence-corrected chi connectivity index (χ2v) is 3.83. The van der Waals surface area contributed by atoms with Crippen LogP contribution in [0.2, 0.25) is 0 Å². The summed E-state index contributed by atoms with van der Waals surface area (Å²) in [5.74, 6) is 0.953. The van der Waals surface area contributed by atoms with Crippen LogP contribution in [0.4, 0.5) is 0 Å². The van der Waals surface area contributed by atoms with Crippen LogP contribution in [0.1, 0.15) is 18.7 Å². The maximum absolute atomic E-state index is 10.9. The number of hydrogen-bond acceptors (Lipinski definition) is 6. The van der Waals surface area contributed by atoms with E-state index >= 15 is 0 Å². The number of rotatable bonds is 6. The van der Waals surface area contributed by atoms with E-state index in [-0.39, 0.29) is 12.4 Å². The summed E-state index contributed by atoms with van der Waals surface area (Å²) in [6.45, 7) is 2.21. The minimum atomic E-state index is -1.16. The molecule has 0 aliphatic heterocycles. The van der Waals surface area contributed by atoms with Crippen molar-refractivity contribution in [2.45, 2.75) is 19.8 Å². The number of ether oxygens (including phenoxy) is 1. The van der Waals surface area contributed by atoms with Crippen LogP contribution in [0.3, 0.4) is 0 Å². The van der Waals surface area contributed by atoms with E-state index in [2.05, 4.69) is 13.0 Å². The van der Waals surface area contributed by atoms with Crippen molar-refractivity contribution in [2.24, 2.45) is 0 Å². The number of aromatic nitrogens is 2. The molecule has 0 unspecified atom stereocenters. The smallest absolute Gasteiger partial charge is 0.316 e. The number of carbonyl (C=O) groups is 1. The standard InChI is InChI=1S/C9H12IN3O3/c1-7-12-5-8(6-13-7)15-4-2-3-9(14)16-10-11/h5-6,11H,2-4H2,1H3. The largest absolute Gasteiger partial charge is 0.490 e. The monoisotopic (exact) mass is 337 g/mol. The van der Waals surface area contributed by atoms with E-state index in [1.54, 1.807) is 19.3 Å². The molecule has 0 atom stereocenters. The zero-order valence-electron chi connectivity index (χ0n) is 8.77. The summed E-state index contributed by atoms with van der Waals surface area (Å²) in [5, 5.41) is 0. The Hall–Kier alpha value is -1.12. The summed E-state index contributed by atoms with van der Waals surface area (Å²) in [7, 11) is 0. The maximum Gasteiger partial charge on any atom is 0.316 e. The highest BCUT2D eigenvalue weighted by Gasteiger charge is 2.02. The number of nitrogens with zero attached hydrogens (tertiary/aromatic N) is 2. The molecule has 0 spiro atoms. The highest BCUT2D eigenvalue weighted by molar-refractivity contribution is 14.1. The normalized spacial score (nSPS) is 9.81. The highest BCUT2D eigenvalue weighted by atomic mass is 127. The average Bonchev–Trinajstić information content (AvgIpc) is 2.27. The van der Waals surface area contributed by atoms with Crippen LogP contribution in [0.15, 0.2) is 12.4 Å². The summed E-state index contributed by atoms with van der Waals surface area (Å²) in [4.78, 5) is 18.9. The first-order chi connectivity index (χ1) is 7.72. The SMILES string of the molecule is Cc1ncc(OCCCC(=O)OI=N)cn1. The van der Waals surface area contributed by atoms with Crippen molar-refractivity contribution >= 4 is 27.4 Å². The topological polar surface area (TPSA) is 85.2 Å². The van der Waals surface area contributed by atoms with E-state index in [9.17, 15) is 4.79 Å². The van der Waals surface area contributed by atoms with Gasteiger partial charge < -0.3 is 7.80 Å². The van der Waals surface area contributed by atoms with E-state index < -0.39 is 21.4 Å². The number of nitrogens with one attached hydrogen (secondary N) is 1. The lowest BCUT2D eigenvalue weighted by Crippen LogP contribution is -2.03. The van der Waals surface area contributed by atoms with Gasteiger partial charge in [0.1, 0.15) is 5.82 Å². The quantitative estimate of drug-likeness (QED) is 0.635. The molecule has 1 aromatic heterocycles. The van der Waals surface area contributed by atoms with Crippen molar-refractivity contribution in [2.75, 3.05) is 6.61 Å². The Morgan fingerprint density at radius 3 is 2.81 bits per heavy atom. The molecule has 0 aromatic carbocycles. The molecular weight excluding hydrogens is 325 g/mol. The molecule has 0 saturated heterocycles. The average molecular weight is 337 g/mol. The number of carbonyl (C=O) groups excluding carboxylic acids is 1. The first-order valence-corrected chi connectivity index (χ1v) is 6.60. The van der Waals surface area contributed by atoms with E-state index in [4.69, 9.17) is 8.30 Å². The van der Waals surface area contributed by atoms with Gasteiger partial charge in [-0.1, -0.05) is 0 Å².